The predicted molar refractivity (Wildman–Crippen MR) is 114 cm³/mol. The zero-order valence-electron chi connectivity index (χ0n) is 16.1. The summed E-state index contributed by atoms with van der Waals surface area (Å²) in [5.74, 6) is 0.578. The SMILES string of the molecule is COc1ccc2[nH]c(=O)c(C3C(C#N)=C(N)Oc4ccc5ccccc5c43)cc2c1. The molecule has 1 aliphatic heterocycles. The number of fused-ring (bicyclic) bond motifs is 4. The van der Waals surface area contributed by atoms with Gasteiger partial charge in [-0.3, -0.25) is 4.79 Å². The lowest BCUT2D eigenvalue weighted by atomic mass is 9.81. The third-order valence-electron chi connectivity index (χ3n) is 5.50. The van der Waals surface area contributed by atoms with Crippen molar-refractivity contribution in [1.82, 2.24) is 4.98 Å². The van der Waals surface area contributed by atoms with Crippen molar-refractivity contribution in [2.24, 2.45) is 5.73 Å². The molecule has 1 unspecified atom stereocenters. The number of nitrogens with two attached hydrogens (primary N) is 1. The number of H-pyrrole nitrogens is 1. The van der Waals surface area contributed by atoms with Crippen LogP contribution in [0.2, 0.25) is 0 Å². The number of benzene rings is 3. The van der Waals surface area contributed by atoms with E-state index in [4.69, 9.17) is 15.2 Å². The van der Waals surface area contributed by atoms with Crippen molar-refractivity contribution in [3.8, 4) is 17.6 Å². The molecule has 2 heterocycles. The molecule has 1 aliphatic rings. The van der Waals surface area contributed by atoms with Crippen LogP contribution in [0.3, 0.4) is 0 Å². The van der Waals surface area contributed by atoms with Crippen LogP contribution < -0.4 is 20.8 Å². The maximum atomic E-state index is 13.1. The summed E-state index contributed by atoms with van der Waals surface area (Å²) in [5.41, 5.74) is 7.89. The molecule has 3 aromatic carbocycles. The second-order valence-corrected chi connectivity index (χ2v) is 7.13. The molecule has 0 bridgehead atoms. The monoisotopic (exact) mass is 395 g/mol. The minimum Gasteiger partial charge on any atom is -0.497 e. The fourth-order valence-electron chi connectivity index (χ4n) is 4.10. The maximum absolute atomic E-state index is 13.1. The molecule has 0 radical (unpaired) electrons. The topological polar surface area (TPSA) is 101 Å². The number of methoxy groups -OCH3 is 1. The number of nitriles is 1. The molecule has 0 fully saturated rings. The van der Waals surface area contributed by atoms with Crippen LogP contribution in [-0.2, 0) is 0 Å². The molecular weight excluding hydrogens is 378 g/mol. The van der Waals surface area contributed by atoms with Crippen LogP contribution in [0.1, 0.15) is 17.0 Å². The van der Waals surface area contributed by atoms with Crippen molar-refractivity contribution in [3.05, 3.63) is 93.6 Å². The third-order valence-corrected chi connectivity index (χ3v) is 5.50. The summed E-state index contributed by atoms with van der Waals surface area (Å²) in [5, 5.41) is 12.6. The van der Waals surface area contributed by atoms with Crippen LogP contribution in [0.5, 0.6) is 11.5 Å². The van der Waals surface area contributed by atoms with E-state index < -0.39 is 5.92 Å². The number of rotatable bonds is 2. The number of aromatic nitrogens is 1. The largest absolute Gasteiger partial charge is 0.497 e. The molecule has 0 amide bonds. The van der Waals surface area contributed by atoms with Crippen molar-refractivity contribution in [3.63, 3.8) is 0 Å². The molecule has 6 nitrogen and oxygen atoms in total. The van der Waals surface area contributed by atoms with Gasteiger partial charge in [0.2, 0.25) is 5.88 Å². The Labute approximate surface area is 171 Å². The molecular formula is C24H17N3O3. The van der Waals surface area contributed by atoms with E-state index >= 15 is 0 Å². The molecule has 3 N–H and O–H groups in total. The number of hydrogen-bond donors (Lipinski definition) is 2. The minimum atomic E-state index is -0.649. The Morgan fingerprint density at radius 3 is 2.73 bits per heavy atom. The van der Waals surface area contributed by atoms with Gasteiger partial charge in [0.05, 0.1) is 13.0 Å². The van der Waals surface area contributed by atoms with Crippen LogP contribution in [0, 0.1) is 11.3 Å². The van der Waals surface area contributed by atoms with Crippen LogP contribution in [-0.4, -0.2) is 12.1 Å². The van der Waals surface area contributed by atoms with Gasteiger partial charge in [-0.15, -0.1) is 0 Å². The number of hydrogen-bond acceptors (Lipinski definition) is 5. The highest BCUT2D eigenvalue weighted by molar-refractivity contribution is 5.90. The minimum absolute atomic E-state index is 0.00965. The van der Waals surface area contributed by atoms with E-state index in [1.165, 1.54) is 0 Å². The molecule has 1 atom stereocenters. The van der Waals surface area contributed by atoms with Gasteiger partial charge >= 0.3 is 0 Å². The summed E-state index contributed by atoms with van der Waals surface area (Å²) in [6.07, 6.45) is 0. The molecule has 4 aromatic rings. The molecule has 5 rings (SSSR count). The average molecular weight is 395 g/mol. The number of ether oxygens (including phenoxy) is 2. The highest BCUT2D eigenvalue weighted by Gasteiger charge is 2.34. The maximum Gasteiger partial charge on any atom is 0.252 e. The summed E-state index contributed by atoms with van der Waals surface area (Å²) in [7, 11) is 1.59. The lowest BCUT2D eigenvalue weighted by molar-refractivity contribution is 0.395. The first-order valence-corrected chi connectivity index (χ1v) is 9.41. The van der Waals surface area contributed by atoms with Gasteiger partial charge in [0.1, 0.15) is 23.1 Å². The average Bonchev–Trinajstić information content (AvgIpc) is 2.77. The van der Waals surface area contributed by atoms with Gasteiger partial charge < -0.3 is 20.2 Å². The van der Waals surface area contributed by atoms with Gasteiger partial charge in [-0.25, -0.2) is 0 Å². The normalized spacial score (nSPS) is 15.5. The molecule has 0 saturated carbocycles. The quantitative estimate of drug-likeness (QED) is 0.536. The molecule has 0 aliphatic carbocycles. The summed E-state index contributed by atoms with van der Waals surface area (Å²) in [6, 6.07) is 20.9. The van der Waals surface area contributed by atoms with Gasteiger partial charge in [0.15, 0.2) is 0 Å². The van der Waals surface area contributed by atoms with Gasteiger partial charge in [-0.2, -0.15) is 5.26 Å². The molecule has 6 heteroatoms. The van der Waals surface area contributed by atoms with E-state index in [2.05, 4.69) is 11.1 Å². The lowest BCUT2D eigenvalue weighted by Crippen LogP contribution is -2.25. The Kier molecular flexibility index (Phi) is 3.97. The Hall–Kier alpha value is -4.24. The van der Waals surface area contributed by atoms with Crippen LogP contribution in [0.25, 0.3) is 21.7 Å². The zero-order valence-corrected chi connectivity index (χ0v) is 16.1. The van der Waals surface area contributed by atoms with E-state index in [0.29, 0.717) is 22.6 Å². The predicted octanol–water partition coefficient (Wildman–Crippen LogP) is 3.91. The number of nitrogens with zero attached hydrogens (tertiary/aromatic N) is 1. The first-order chi connectivity index (χ1) is 14.6. The number of aromatic amines is 1. The first kappa shape index (κ1) is 17.8. The van der Waals surface area contributed by atoms with E-state index in [-0.39, 0.29) is 17.0 Å². The van der Waals surface area contributed by atoms with Crippen molar-refractivity contribution in [1.29, 1.82) is 5.26 Å². The Balaban J connectivity index is 1.86. The highest BCUT2D eigenvalue weighted by Crippen LogP contribution is 2.45. The Morgan fingerprint density at radius 1 is 1.10 bits per heavy atom. The van der Waals surface area contributed by atoms with Crippen molar-refractivity contribution in [2.75, 3.05) is 7.11 Å². The van der Waals surface area contributed by atoms with Crippen molar-refractivity contribution >= 4 is 21.7 Å². The summed E-state index contributed by atoms with van der Waals surface area (Å²) in [6.45, 7) is 0. The zero-order chi connectivity index (χ0) is 20.8. The van der Waals surface area contributed by atoms with Gasteiger partial charge in [-0.1, -0.05) is 30.3 Å². The van der Waals surface area contributed by atoms with E-state index in [1.54, 1.807) is 25.3 Å². The van der Waals surface area contributed by atoms with Gasteiger partial charge in [-0.05, 0) is 41.1 Å². The van der Waals surface area contributed by atoms with Gasteiger partial charge in [0.25, 0.3) is 5.56 Å². The van der Waals surface area contributed by atoms with E-state index in [1.807, 2.05) is 42.5 Å². The number of allylic oxidation sites excluding steroid dienone is 1. The Bertz CT molecular complexity index is 1460. The smallest absolute Gasteiger partial charge is 0.252 e. The fourth-order valence-corrected chi connectivity index (χ4v) is 4.10. The molecule has 0 spiro atoms. The fraction of sp³-hybridized carbons (Fsp3) is 0.0833. The van der Waals surface area contributed by atoms with Crippen molar-refractivity contribution < 1.29 is 9.47 Å². The van der Waals surface area contributed by atoms with E-state index in [9.17, 15) is 10.1 Å². The summed E-state index contributed by atoms with van der Waals surface area (Å²) >= 11 is 0. The number of pyridine rings is 1. The lowest BCUT2D eigenvalue weighted by Gasteiger charge is -2.27. The third kappa shape index (κ3) is 2.60. The Morgan fingerprint density at radius 2 is 1.93 bits per heavy atom. The summed E-state index contributed by atoms with van der Waals surface area (Å²) in [4.78, 5) is 16.0. The second kappa shape index (κ2) is 6.68. The first-order valence-electron chi connectivity index (χ1n) is 9.41. The van der Waals surface area contributed by atoms with Crippen molar-refractivity contribution in [2.45, 2.75) is 5.92 Å². The van der Waals surface area contributed by atoms with E-state index in [0.717, 1.165) is 21.7 Å². The molecule has 0 saturated heterocycles. The molecule has 1 aromatic heterocycles. The standard InChI is InChI=1S/C24H17N3O3/c1-29-15-7-8-19-14(10-15)11-17(24(28)27-19)21-18(12-25)23(26)30-20-9-6-13-4-2-3-5-16(13)22(20)21/h2-11,21H,26H2,1H3,(H,27,28). The van der Waals surface area contributed by atoms with Crippen LogP contribution in [0.15, 0.2) is 76.9 Å². The second-order valence-electron chi connectivity index (χ2n) is 7.13. The van der Waals surface area contributed by atoms with Crippen LogP contribution in [0.4, 0.5) is 0 Å². The highest BCUT2D eigenvalue weighted by atomic mass is 16.5. The summed E-state index contributed by atoms with van der Waals surface area (Å²) < 4.78 is 11.1. The molecule has 146 valence electrons. The molecule has 30 heavy (non-hydrogen) atoms. The number of nitrogens with one attached hydrogen (secondary N) is 1. The van der Waals surface area contributed by atoms with Crippen LogP contribution >= 0.6 is 0 Å². The van der Waals surface area contributed by atoms with Gasteiger partial charge in [0, 0.05) is 22.0 Å².